The van der Waals surface area contributed by atoms with Crippen LogP contribution in [0, 0.1) is 6.92 Å². The minimum atomic E-state index is 0.959. The second-order valence-corrected chi connectivity index (χ2v) is 10.5. The van der Waals surface area contributed by atoms with Crippen molar-refractivity contribution in [3.8, 4) is 28.2 Å². The molecule has 0 atom stereocenters. The molecule has 0 fully saturated rings. The number of hydrogen-bond acceptors (Lipinski definition) is 1. The average Bonchev–Trinajstić information content (AvgIpc) is 3.39. The van der Waals surface area contributed by atoms with Crippen LogP contribution in [0.25, 0.3) is 71.6 Å². The zero-order valence-corrected chi connectivity index (χ0v) is 22.2. The van der Waals surface area contributed by atoms with E-state index in [0.29, 0.717) is 0 Å². The summed E-state index contributed by atoms with van der Waals surface area (Å²) < 4.78 is 2.31. The van der Waals surface area contributed by atoms with Crippen LogP contribution in [0.2, 0.25) is 0 Å². The number of rotatable bonds is 3. The van der Waals surface area contributed by atoms with Gasteiger partial charge in [0.2, 0.25) is 0 Å². The molecule has 0 aliphatic heterocycles. The Kier molecular flexibility index (Phi) is 5.08. The van der Waals surface area contributed by atoms with Gasteiger partial charge in [0.05, 0.1) is 11.0 Å². The molecule has 2 heteroatoms. The van der Waals surface area contributed by atoms with Gasteiger partial charge in [0, 0.05) is 11.3 Å². The molecule has 8 aromatic rings. The lowest BCUT2D eigenvalue weighted by molar-refractivity contribution is 1.11. The van der Waals surface area contributed by atoms with Crippen LogP contribution >= 0.6 is 0 Å². The topological polar surface area (TPSA) is 17.8 Å². The highest BCUT2D eigenvalue weighted by Gasteiger charge is 2.22. The third-order valence-electron chi connectivity index (χ3n) is 8.01. The summed E-state index contributed by atoms with van der Waals surface area (Å²) in [5.74, 6) is 0.959. The van der Waals surface area contributed by atoms with Gasteiger partial charge in [0.1, 0.15) is 5.82 Å². The van der Waals surface area contributed by atoms with Crippen molar-refractivity contribution in [2.75, 3.05) is 0 Å². The molecule has 0 saturated heterocycles. The van der Waals surface area contributed by atoms with Crippen LogP contribution in [-0.2, 0) is 0 Å². The van der Waals surface area contributed by atoms with Crippen molar-refractivity contribution in [1.29, 1.82) is 0 Å². The summed E-state index contributed by atoms with van der Waals surface area (Å²) in [5, 5.41) is 7.39. The number of para-hydroxylation sites is 3. The van der Waals surface area contributed by atoms with Gasteiger partial charge in [-0.3, -0.25) is 4.57 Å². The lowest BCUT2D eigenvalue weighted by Gasteiger charge is -2.18. The van der Waals surface area contributed by atoms with Crippen molar-refractivity contribution >= 4 is 43.4 Å². The molecule has 0 saturated carbocycles. The first kappa shape index (κ1) is 22.7. The standard InChI is InChI=1S/C38H26N2/c1-25-19-20-27-24-28(22-21-26(27)23-25)36-30-13-5-7-15-32(30)37(33-16-8-6-14-31(33)36)38-39-34-17-9-10-18-35(34)40(38)29-11-3-2-4-12-29/h2-24H,1H3. The van der Waals surface area contributed by atoms with Gasteiger partial charge in [-0.2, -0.15) is 0 Å². The van der Waals surface area contributed by atoms with Crippen molar-refractivity contribution in [3.63, 3.8) is 0 Å². The quantitative estimate of drug-likeness (QED) is 0.216. The third-order valence-corrected chi connectivity index (χ3v) is 8.01. The van der Waals surface area contributed by atoms with Crippen molar-refractivity contribution in [1.82, 2.24) is 9.55 Å². The maximum atomic E-state index is 5.27. The molecule has 0 unspecified atom stereocenters. The summed E-state index contributed by atoms with van der Waals surface area (Å²) in [5.41, 5.74) is 8.13. The summed E-state index contributed by atoms with van der Waals surface area (Å²) in [6, 6.07) is 50.1. The summed E-state index contributed by atoms with van der Waals surface area (Å²) in [6.45, 7) is 2.15. The zero-order chi connectivity index (χ0) is 26.6. The fourth-order valence-corrected chi connectivity index (χ4v) is 6.23. The van der Waals surface area contributed by atoms with Gasteiger partial charge in [-0.05, 0) is 80.7 Å². The Balaban J connectivity index is 1.51. The van der Waals surface area contributed by atoms with E-state index >= 15 is 0 Å². The van der Waals surface area contributed by atoms with Crippen molar-refractivity contribution in [3.05, 3.63) is 145 Å². The lowest BCUT2D eigenvalue weighted by Crippen LogP contribution is -1.99. The van der Waals surface area contributed by atoms with Crippen LogP contribution in [0.4, 0.5) is 0 Å². The van der Waals surface area contributed by atoms with E-state index in [0.717, 1.165) is 28.1 Å². The first-order valence-corrected chi connectivity index (χ1v) is 13.7. The normalized spacial score (nSPS) is 11.6. The molecule has 8 rings (SSSR count). The zero-order valence-electron chi connectivity index (χ0n) is 22.2. The van der Waals surface area contributed by atoms with Gasteiger partial charge in [-0.1, -0.05) is 115 Å². The maximum absolute atomic E-state index is 5.27. The van der Waals surface area contributed by atoms with Gasteiger partial charge in [0.15, 0.2) is 0 Å². The predicted molar refractivity (Wildman–Crippen MR) is 169 cm³/mol. The highest BCUT2D eigenvalue weighted by Crippen LogP contribution is 2.44. The molecule has 40 heavy (non-hydrogen) atoms. The van der Waals surface area contributed by atoms with E-state index in [9.17, 15) is 0 Å². The lowest BCUT2D eigenvalue weighted by atomic mass is 9.87. The Morgan fingerprint density at radius 1 is 0.500 bits per heavy atom. The molecule has 7 aromatic carbocycles. The Morgan fingerprint density at radius 2 is 1.07 bits per heavy atom. The fraction of sp³-hybridized carbons (Fsp3) is 0.0263. The molecule has 0 aliphatic rings. The number of aryl methyl sites for hydroxylation is 1. The Bertz CT molecular complexity index is 2160. The molecule has 1 aromatic heterocycles. The fourth-order valence-electron chi connectivity index (χ4n) is 6.23. The summed E-state index contributed by atoms with van der Waals surface area (Å²) in [6.07, 6.45) is 0. The second kappa shape index (κ2) is 8.93. The molecule has 2 nitrogen and oxygen atoms in total. The first-order chi connectivity index (χ1) is 19.8. The Morgan fingerprint density at radius 3 is 1.80 bits per heavy atom. The summed E-state index contributed by atoms with van der Waals surface area (Å²) in [7, 11) is 0. The minimum Gasteiger partial charge on any atom is -0.292 e. The highest BCUT2D eigenvalue weighted by atomic mass is 15.1. The van der Waals surface area contributed by atoms with E-state index in [1.165, 1.54) is 49.0 Å². The number of hydrogen-bond donors (Lipinski definition) is 0. The van der Waals surface area contributed by atoms with E-state index in [1.807, 2.05) is 0 Å². The van der Waals surface area contributed by atoms with Crippen molar-refractivity contribution in [2.45, 2.75) is 6.92 Å². The number of benzene rings is 7. The first-order valence-electron chi connectivity index (χ1n) is 13.7. The molecule has 0 N–H and O–H groups in total. The van der Waals surface area contributed by atoms with Crippen LogP contribution in [0.15, 0.2) is 140 Å². The van der Waals surface area contributed by atoms with Gasteiger partial charge in [0.25, 0.3) is 0 Å². The van der Waals surface area contributed by atoms with Gasteiger partial charge < -0.3 is 0 Å². The number of nitrogens with zero attached hydrogens (tertiary/aromatic N) is 2. The molecule has 0 radical (unpaired) electrons. The third kappa shape index (κ3) is 3.47. The van der Waals surface area contributed by atoms with Crippen LogP contribution in [0.3, 0.4) is 0 Å². The van der Waals surface area contributed by atoms with E-state index in [-0.39, 0.29) is 0 Å². The minimum absolute atomic E-state index is 0.959. The van der Waals surface area contributed by atoms with Crippen LogP contribution < -0.4 is 0 Å². The molecule has 0 amide bonds. The van der Waals surface area contributed by atoms with E-state index < -0.39 is 0 Å². The molecule has 0 aliphatic carbocycles. The van der Waals surface area contributed by atoms with Crippen LogP contribution in [0.5, 0.6) is 0 Å². The molecular weight excluding hydrogens is 484 g/mol. The van der Waals surface area contributed by atoms with Crippen LogP contribution in [-0.4, -0.2) is 9.55 Å². The maximum Gasteiger partial charge on any atom is 0.146 e. The molecule has 188 valence electrons. The molecule has 0 spiro atoms. The van der Waals surface area contributed by atoms with Crippen LogP contribution in [0.1, 0.15) is 5.56 Å². The van der Waals surface area contributed by atoms with Crippen molar-refractivity contribution < 1.29 is 0 Å². The largest absolute Gasteiger partial charge is 0.292 e. The smallest absolute Gasteiger partial charge is 0.146 e. The number of aromatic nitrogens is 2. The number of fused-ring (bicyclic) bond motifs is 4. The van der Waals surface area contributed by atoms with E-state index in [1.54, 1.807) is 0 Å². The van der Waals surface area contributed by atoms with Gasteiger partial charge in [-0.25, -0.2) is 4.98 Å². The summed E-state index contributed by atoms with van der Waals surface area (Å²) in [4.78, 5) is 5.27. The number of imidazole rings is 1. The molecular formula is C38H26N2. The molecule has 1 heterocycles. The second-order valence-electron chi connectivity index (χ2n) is 10.5. The van der Waals surface area contributed by atoms with Crippen molar-refractivity contribution in [2.24, 2.45) is 0 Å². The average molecular weight is 511 g/mol. The highest BCUT2D eigenvalue weighted by molar-refractivity contribution is 6.21. The Hall–Kier alpha value is -5.21. The SMILES string of the molecule is Cc1ccc2cc(-c3c4ccccc4c(-c4nc5ccccc5n4-c4ccccc4)c4ccccc34)ccc2c1. The molecule has 0 bridgehead atoms. The van der Waals surface area contributed by atoms with Gasteiger partial charge in [-0.15, -0.1) is 0 Å². The Labute approximate surface area is 232 Å². The van der Waals surface area contributed by atoms with E-state index in [2.05, 4.69) is 151 Å². The predicted octanol–water partition coefficient (Wildman–Crippen LogP) is 10.1. The van der Waals surface area contributed by atoms with E-state index in [4.69, 9.17) is 4.98 Å². The van der Waals surface area contributed by atoms with Gasteiger partial charge >= 0.3 is 0 Å². The monoisotopic (exact) mass is 510 g/mol. The summed E-state index contributed by atoms with van der Waals surface area (Å²) >= 11 is 0.